The molecule has 0 amide bonds. The quantitative estimate of drug-likeness (QED) is 0.0150. The molecule has 0 fully saturated rings. The fourth-order valence-electron chi connectivity index (χ4n) is 8.83. The predicted octanol–water partition coefficient (Wildman–Crippen LogP) is 17.8. The number of carbonyl (C=O) groups excluding carboxylic acids is 4. The molecule has 0 heterocycles. The third-order valence-corrected chi connectivity index (χ3v) is 15.7. The summed E-state index contributed by atoms with van der Waals surface area (Å²) in [6.45, 7) is 9.43. The third-order valence-electron chi connectivity index (χ3n) is 14.0. The first-order chi connectivity index (χ1) is 40.6. The topological polar surface area (TPSA) is 220 Å². The average molecular weight is 1250 g/mol. The fourth-order valence-corrected chi connectivity index (χ4v) is 9.82. The summed E-state index contributed by atoms with van der Waals surface area (Å²) in [4.78, 5) is 49.8. The van der Waals surface area contributed by atoms with E-state index in [1.165, 1.54) is 51.4 Å². The maximum absolute atomic E-state index is 12.8. The smallest absolute Gasteiger partial charge is 0.744 e. The Bertz CT molecular complexity index is 2260. The minimum Gasteiger partial charge on any atom is -0.744 e. The number of allylic oxidation sites excluding steroid dienone is 8. The van der Waals surface area contributed by atoms with Crippen LogP contribution in [0.3, 0.4) is 0 Å². The second-order valence-corrected chi connectivity index (χ2v) is 24.3. The van der Waals surface area contributed by atoms with Crippen LogP contribution < -0.4 is 0 Å². The molecule has 0 saturated carbocycles. The van der Waals surface area contributed by atoms with Gasteiger partial charge in [-0.05, 0) is 139 Å². The molecule has 0 bridgehead atoms. The molecule has 17 heteroatoms. The van der Waals surface area contributed by atoms with Gasteiger partial charge >= 0.3 is 61.6 Å². The molecule has 0 spiro atoms. The molecule has 476 valence electrons. The SMILES string of the molecule is CCCC/C=C/CCCCCCCOC(=O)c1ccc(S(=O)(=O)[O-])cc1C(=O)OCCCCCCC/C=C/CCCC.CCCC/C=C/CCCCCCCOC(=O)c1ccc(S(=O)(=O)[O-])cc1C(=O)OCCCCCCC/C=C/CCCC.[Ca+2]. The summed E-state index contributed by atoms with van der Waals surface area (Å²) in [5.74, 6) is -3.16. The van der Waals surface area contributed by atoms with E-state index in [1.807, 2.05) is 0 Å². The van der Waals surface area contributed by atoms with Gasteiger partial charge < -0.3 is 28.1 Å². The van der Waals surface area contributed by atoms with E-state index >= 15 is 0 Å². The molecule has 14 nitrogen and oxygen atoms in total. The summed E-state index contributed by atoms with van der Waals surface area (Å²) in [5, 5.41) is 0. The molecule has 2 aromatic carbocycles. The number of rotatable bonds is 50. The van der Waals surface area contributed by atoms with Crippen LogP contribution in [-0.4, -0.2) is 114 Å². The van der Waals surface area contributed by atoms with Gasteiger partial charge in [-0.3, -0.25) is 0 Å². The van der Waals surface area contributed by atoms with Crippen LogP contribution in [-0.2, 0) is 39.2 Å². The van der Waals surface area contributed by atoms with E-state index in [9.17, 15) is 45.1 Å². The summed E-state index contributed by atoms with van der Waals surface area (Å²) in [6, 6.07) is 6.15. The van der Waals surface area contributed by atoms with E-state index in [1.54, 1.807) is 0 Å². The van der Waals surface area contributed by atoms with Crippen molar-refractivity contribution in [2.75, 3.05) is 26.4 Å². The van der Waals surface area contributed by atoms with Crippen LogP contribution >= 0.6 is 0 Å². The van der Waals surface area contributed by atoms with Crippen LogP contribution in [0.5, 0.6) is 0 Å². The zero-order chi connectivity index (χ0) is 61.8. The monoisotopic (exact) mass is 1250 g/mol. The number of hydrogen-bond acceptors (Lipinski definition) is 14. The first kappa shape index (κ1) is 81.4. The standard InChI is InChI=1S/2C34H54O7S.Ca/c2*1-3-5-7-9-11-13-15-17-19-21-23-27-40-33(35)31-26-25-30(42(37,38)39)29-32(31)34(36)41-28-24-22-20-18-16-14-12-10-8-6-4-2;/h2*9-12,25-26,29H,3-8,13-24,27-28H2,1-2H3,(H,37,38,39);/q;;+2/p-2/b2*11-9+,12-10+;. The van der Waals surface area contributed by atoms with Gasteiger partial charge in [0.05, 0.1) is 58.5 Å². The van der Waals surface area contributed by atoms with Crippen molar-refractivity contribution in [3.05, 3.63) is 107 Å². The first-order valence-electron chi connectivity index (χ1n) is 32.1. The van der Waals surface area contributed by atoms with Crippen LogP contribution in [0.4, 0.5) is 0 Å². The zero-order valence-corrected chi connectivity index (χ0v) is 56.4. The average Bonchev–Trinajstić information content (AvgIpc) is 3.68. The van der Waals surface area contributed by atoms with E-state index in [0.717, 1.165) is 190 Å². The Morgan fingerprint density at radius 1 is 0.318 bits per heavy atom. The van der Waals surface area contributed by atoms with Crippen molar-refractivity contribution in [3.8, 4) is 0 Å². The minimum absolute atomic E-state index is 0. The molecular formula is C68H106CaO14S2. The number of carbonyl (C=O) groups is 4. The van der Waals surface area contributed by atoms with Crippen LogP contribution in [0.1, 0.15) is 300 Å². The summed E-state index contributed by atoms with van der Waals surface area (Å²) in [7, 11) is -9.62. The van der Waals surface area contributed by atoms with E-state index in [-0.39, 0.29) is 86.4 Å². The van der Waals surface area contributed by atoms with E-state index in [2.05, 4.69) is 76.3 Å². The van der Waals surface area contributed by atoms with Gasteiger partial charge in [0.15, 0.2) is 0 Å². The maximum Gasteiger partial charge on any atom is 2.00 e. The summed E-state index contributed by atoms with van der Waals surface area (Å²) < 4.78 is 90.5. The van der Waals surface area contributed by atoms with Gasteiger partial charge in [-0.1, -0.05) is 205 Å². The van der Waals surface area contributed by atoms with Gasteiger partial charge in [0.2, 0.25) is 0 Å². The number of unbranched alkanes of at least 4 members (excludes halogenated alkanes) is 28. The molecule has 0 N–H and O–H groups in total. The Hall–Kier alpha value is -3.64. The minimum atomic E-state index is -4.81. The summed E-state index contributed by atoms with van der Waals surface area (Å²) in [5.41, 5.74) is -0.735. The molecule has 0 aliphatic heterocycles. The van der Waals surface area contributed by atoms with Crippen molar-refractivity contribution in [1.29, 1.82) is 0 Å². The van der Waals surface area contributed by atoms with Crippen molar-refractivity contribution < 1.29 is 64.1 Å². The summed E-state index contributed by atoms with van der Waals surface area (Å²) in [6.07, 6.45) is 56.1. The predicted molar refractivity (Wildman–Crippen MR) is 341 cm³/mol. The summed E-state index contributed by atoms with van der Waals surface area (Å²) >= 11 is 0. The Morgan fingerprint density at radius 3 is 0.741 bits per heavy atom. The number of hydrogen-bond donors (Lipinski definition) is 0. The second-order valence-electron chi connectivity index (χ2n) is 21.5. The van der Waals surface area contributed by atoms with Gasteiger partial charge in [-0.2, -0.15) is 0 Å². The molecule has 0 saturated heterocycles. The number of esters is 4. The van der Waals surface area contributed by atoms with Crippen LogP contribution in [0, 0.1) is 0 Å². The zero-order valence-electron chi connectivity index (χ0n) is 52.6. The van der Waals surface area contributed by atoms with Crippen LogP contribution in [0.2, 0.25) is 0 Å². The Labute approximate surface area is 544 Å². The molecule has 0 unspecified atom stereocenters. The first-order valence-corrected chi connectivity index (χ1v) is 34.9. The van der Waals surface area contributed by atoms with E-state index < -0.39 is 53.9 Å². The van der Waals surface area contributed by atoms with Crippen LogP contribution in [0.15, 0.2) is 94.8 Å². The van der Waals surface area contributed by atoms with Crippen LogP contribution in [0.25, 0.3) is 0 Å². The van der Waals surface area contributed by atoms with Gasteiger partial charge in [-0.15, -0.1) is 0 Å². The van der Waals surface area contributed by atoms with Gasteiger partial charge in [0.25, 0.3) is 0 Å². The Balaban J connectivity index is 0.00000164. The molecule has 2 aromatic rings. The number of ether oxygens (including phenoxy) is 4. The van der Waals surface area contributed by atoms with E-state index in [0.29, 0.717) is 25.7 Å². The third kappa shape index (κ3) is 43.6. The molecule has 0 radical (unpaired) electrons. The van der Waals surface area contributed by atoms with Crippen molar-refractivity contribution in [1.82, 2.24) is 0 Å². The van der Waals surface area contributed by atoms with E-state index in [4.69, 9.17) is 18.9 Å². The Morgan fingerprint density at radius 2 is 0.518 bits per heavy atom. The molecule has 0 atom stereocenters. The van der Waals surface area contributed by atoms with Gasteiger partial charge in [-0.25, -0.2) is 36.0 Å². The molecule has 85 heavy (non-hydrogen) atoms. The van der Waals surface area contributed by atoms with Gasteiger partial charge in [0, 0.05) is 0 Å². The fraction of sp³-hybridized carbons (Fsp3) is 0.647. The molecule has 0 aromatic heterocycles. The van der Waals surface area contributed by atoms with Crippen molar-refractivity contribution in [2.24, 2.45) is 0 Å². The maximum atomic E-state index is 12.8. The number of benzene rings is 2. The van der Waals surface area contributed by atoms with Crippen molar-refractivity contribution in [3.63, 3.8) is 0 Å². The molecule has 0 aliphatic rings. The molecule has 2 rings (SSSR count). The second kappa shape index (κ2) is 54.5. The molecule has 0 aliphatic carbocycles. The largest absolute Gasteiger partial charge is 2.00 e. The Kier molecular flexibility index (Phi) is 52.2. The van der Waals surface area contributed by atoms with Crippen molar-refractivity contribution in [2.45, 2.75) is 269 Å². The van der Waals surface area contributed by atoms with Crippen molar-refractivity contribution >= 4 is 81.9 Å². The van der Waals surface area contributed by atoms with Gasteiger partial charge in [0.1, 0.15) is 20.2 Å². The normalized spacial score (nSPS) is 11.7. The molecular weight excluding hydrogens is 1140 g/mol.